The summed E-state index contributed by atoms with van der Waals surface area (Å²) in [5.74, 6) is 0.434. The maximum Gasteiger partial charge on any atom is 0.251 e. The largest absolute Gasteiger partial charge is 0.343 e. The van der Waals surface area contributed by atoms with Crippen LogP contribution in [0.15, 0.2) is 46.3 Å². The van der Waals surface area contributed by atoms with Crippen LogP contribution in [0.25, 0.3) is 10.7 Å². The number of hydrogen-bond acceptors (Lipinski definition) is 7. The minimum Gasteiger partial charge on any atom is -0.343 e. The van der Waals surface area contributed by atoms with Crippen molar-refractivity contribution in [3.05, 3.63) is 53.2 Å². The molecule has 3 aromatic rings. The van der Waals surface area contributed by atoms with Crippen molar-refractivity contribution in [3.8, 4) is 10.7 Å². The lowest BCUT2D eigenvalue weighted by Gasteiger charge is -2.07. The van der Waals surface area contributed by atoms with Crippen LogP contribution in [0, 0.1) is 0 Å². The normalized spacial score (nSPS) is 11.3. The summed E-state index contributed by atoms with van der Waals surface area (Å²) >= 11 is 1.50. The van der Waals surface area contributed by atoms with E-state index in [2.05, 4.69) is 20.2 Å². The van der Waals surface area contributed by atoms with Gasteiger partial charge in [0.05, 0.1) is 17.2 Å². The smallest absolute Gasteiger partial charge is 0.251 e. The highest BCUT2D eigenvalue weighted by molar-refractivity contribution is 7.92. The van der Waals surface area contributed by atoms with Crippen LogP contribution in [0.2, 0.25) is 0 Å². The van der Waals surface area contributed by atoms with Crippen LogP contribution in [0.5, 0.6) is 0 Å². The van der Waals surface area contributed by atoms with E-state index in [1.54, 1.807) is 6.92 Å². The van der Waals surface area contributed by atoms with E-state index < -0.39 is 10.0 Å². The molecule has 2 N–H and O–H groups in total. The number of carbonyl (C=O) groups is 1. The molecule has 0 spiro atoms. The van der Waals surface area contributed by atoms with Crippen LogP contribution in [0.1, 0.15) is 23.2 Å². The van der Waals surface area contributed by atoms with Crippen molar-refractivity contribution >= 4 is 33.0 Å². The fraction of sp³-hybridized carbons (Fsp3) is 0.188. The third-order valence-electron chi connectivity index (χ3n) is 3.41. The fourth-order valence-electron chi connectivity index (χ4n) is 2.03. The van der Waals surface area contributed by atoms with Crippen LogP contribution >= 0.6 is 11.3 Å². The summed E-state index contributed by atoms with van der Waals surface area (Å²) in [5.41, 5.74) is 0.795. The number of sulfonamides is 1. The second-order valence-electron chi connectivity index (χ2n) is 5.25. The topological polar surface area (TPSA) is 114 Å². The van der Waals surface area contributed by atoms with E-state index in [0.29, 0.717) is 23.0 Å². The molecule has 8 nitrogen and oxygen atoms in total. The summed E-state index contributed by atoms with van der Waals surface area (Å²) in [7, 11) is -3.35. The third kappa shape index (κ3) is 4.46. The second kappa shape index (κ2) is 7.67. The summed E-state index contributed by atoms with van der Waals surface area (Å²) < 4.78 is 30.6. The summed E-state index contributed by atoms with van der Waals surface area (Å²) in [4.78, 5) is 17.3. The molecule has 0 aliphatic rings. The number of nitrogens with zero attached hydrogens (tertiary/aromatic N) is 2. The molecule has 3 rings (SSSR count). The number of anilines is 1. The van der Waals surface area contributed by atoms with Crippen molar-refractivity contribution < 1.29 is 17.7 Å². The first-order chi connectivity index (χ1) is 12.5. The molecule has 1 amide bonds. The Kier molecular flexibility index (Phi) is 5.33. The molecule has 0 bridgehead atoms. The summed E-state index contributed by atoms with van der Waals surface area (Å²) in [6.45, 7) is 1.65. The Morgan fingerprint density at radius 3 is 2.65 bits per heavy atom. The van der Waals surface area contributed by atoms with E-state index >= 15 is 0 Å². The number of amides is 1. The Morgan fingerprint density at radius 2 is 2.00 bits per heavy atom. The Bertz CT molecular complexity index is 980. The highest BCUT2D eigenvalue weighted by Gasteiger charge is 2.12. The summed E-state index contributed by atoms with van der Waals surface area (Å²) in [6, 6.07) is 9.91. The Balaban J connectivity index is 1.58. The lowest BCUT2D eigenvalue weighted by molar-refractivity contribution is 0.0946. The molecule has 2 aromatic heterocycles. The predicted molar refractivity (Wildman–Crippen MR) is 98.3 cm³/mol. The van der Waals surface area contributed by atoms with Crippen molar-refractivity contribution in [2.75, 3.05) is 10.5 Å². The molecule has 0 atom stereocenters. The predicted octanol–water partition coefficient (Wildman–Crippen LogP) is 2.49. The number of nitrogens with one attached hydrogen (secondary N) is 2. The first-order valence-electron chi connectivity index (χ1n) is 7.72. The molecule has 0 unspecified atom stereocenters. The molecular formula is C16H16N4O4S2. The number of hydrogen-bond donors (Lipinski definition) is 2. The van der Waals surface area contributed by atoms with Crippen LogP contribution in [-0.2, 0) is 16.6 Å². The first kappa shape index (κ1) is 18.1. The fourth-order valence-corrected chi connectivity index (χ4v) is 3.32. The summed E-state index contributed by atoms with van der Waals surface area (Å²) in [5, 5.41) is 8.47. The average Bonchev–Trinajstić information content (AvgIpc) is 3.31. The van der Waals surface area contributed by atoms with Gasteiger partial charge in [0.25, 0.3) is 5.91 Å². The molecule has 26 heavy (non-hydrogen) atoms. The Labute approximate surface area is 154 Å². The average molecular weight is 392 g/mol. The maximum absolute atomic E-state index is 12.2. The van der Waals surface area contributed by atoms with Crippen LogP contribution in [0.3, 0.4) is 0 Å². The zero-order valence-electron chi connectivity index (χ0n) is 13.8. The van der Waals surface area contributed by atoms with Gasteiger partial charge in [0.1, 0.15) is 0 Å². The van der Waals surface area contributed by atoms with E-state index in [0.717, 1.165) is 4.88 Å². The lowest BCUT2D eigenvalue weighted by atomic mass is 10.2. The van der Waals surface area contributed by atoms with E-state index in [4.69, 9.17) is 4.52 Å². The van der Waals surface area contributed by atoms with Gasteiger partial charge in [-0.05, 0) is 42.6 Å². The SMILES string of the molecule is CCS(=O)(=O)Nc1ccc(C(=O)NCc2nc(-c3cccs3)no2)cc1. The number of thiophene rings is 1. The number of rotatable bonds is 7. The third-order valence-corrected chi connectivity index (χ3v) is 5.58. The van der Waals surface area contributed by atoms with Gasteiger partial charge in [0.15, 0.2) is 0 Å². The van der Waals surface area contributed by atoms with Crippen LogP contribution in [0.4, 0.5) is 5.69 Å². The molecule has 10 heteroatoms. The van der Waals surface area contributed by atoms with Gasteiger partial charge in [0.2, 0.25) is 21.7 Å². The van der Waals surface area contributed by atoms with Crippen molar-refractivity contribution in [1.82, 2.24) is 15.5 Å². The van der Waals surface area contributed by atoms with Crippen LogP contribution < -0.4 is 10.0 Å². The van der Waals surface area contributed by atoms with Crippen molar-refractivity contribution in [3.63, 3.8) is 0 Å². The molecule has 2 heterocycles. The van der Waals surface area contributed by atoms with Gasteiger partial charge in [0, 0.05) is 11.3 Å². The van der Waals surface area contributed by atoms with E-state index in [-0.39, 0.29) is 18.2 Å². The molecule has 1 aromatic carbocycles. The van der Waals surface area contributed by atoms with Crippen LogP contribution in [-0.4, -0.2) is 30.2 Å². The van der Waals surface area contributed by atoms with Gasteiger partial charge >= 0.3 is 0 Å². The molecule has 0 radical (unpaired) electrons. The zero-order valence-corrected chi connectivity index (χ0v) is 15.4. The van der Waals surface area contributed by atoms with Gasteiger partial charge in [-0.2, -0.15) is 4.98 Å². The monoisotopic (exact) mass is 392 g/mol. The van der Waals surface area contributed by atoms with Gasteiger partial charge in [-0.3, -0.25) is 9.52 Å². The molecule has 0 saturated carbocycles. The van der Waals surface area contributed by atoms with E-state index in [1.165, 1.54) is 35.6 Å². The summed E-state index contributed by atoms with van der Waals surface area (Å²) in [6.07, 6.45) is 0. The maximum atomic E-state index is 12.2. The zero-order chi connectivity index (χ0) is 18.6. The molecule has 136 valence electrons. The molecular weight excluding hydrogens is 376 g/mol. The number of carbonyl (C=O) groups excluding carboxylic acids is 1. The van der Waals surface area contributed by atoms with Gasteiger partial charge in [-0.1, -0.05) is 11.2 Å². The Hall–Kier alpha value is -2.72. The quantitative estimate of drug-likeness (QED) is 0.638. The van der Waals surface area contributed by atoms with Gasteiger partial charge in [-0.15, -0.1) is 11.3 Å². The standard InChI is InChI=1S/C16H16N4O4S2/c1-2-26(22,23)20-12-7-5-11(6-8-12)16(21)17-10-14-18-15(19-24-14)13-4-3-9-25-13/h3-9,20H,2,10H2,1H3,(H,17,21). The molecule has 0 aliphatic carbocycles. The highest BCUT2D eigenvalue weighted by Crippen LogP contribution is 2.21. The van der Waals surface area contributed by atoms with Gasteiger partial charge in [-0.25, -0.2) is 8.42 Å². The molecule has 0 fully saturated rings. The number of benzene rings is 1. The number of aromatic nitrogens is 2. The van der Waals surface area contributed by atoms with E-state index in [1.807, 2.05) is 17.5 Å². The lowest BCUT2D eigenvalue weighted by Crippen LogP contribution is -2.23. The van der Waals surface area contributed by atoms with Crippen molar-refractivity contribution in [1.29, 1.82) is 0 Å². The van der Waals surface area contributed by atoms with Crippen molar-refractivity contribution in [2.45, 2.75) is 13.5 Å². The first-order valence-corrected chi connectivity index (χ1v) is 10.3. The van der Waals surface area contributed by atoms with E-state index in [9.17, 15) is 13.2 Å². The highest BCUT2D eigenvalue weighted by atomic mass is 32.2. The molecule has 0 aliphatic heterocycles. The van der Waals surface area contributed by atoms with Crippen molar-refractivity contribution in [2.24, 2.45) is 0 Å². The second-order valence-corrected chi connectivity index (χ2v) is 8.21. The minimum atomic E-state index is -3.35. The molecule has 0 saturated heterocycles. The minimum absolute atomic E-state index is 0.0210. The van der Waals surface area contributed by atoms with Gasteiger partial charge < -0.3 is 9.84 Å². The Morgan fingerprint density at radius 1 is 1.23 bits per heavy atom.